The average molecular weight is 113 g/mol. The lowest BCUT2D eigenvalue weighted by atomic mass is 10.0. The van der Waals surface area contributed by atoms with Gasteiger partial charge < -0.3 is 10.5 Å². The van der Waals surface area contributed by atoms with Gasteiger partial charge in [0.15, 0.2) is 0 Å². The smallest absolute Gasteiger partial charge is 0.0650 e. The molecule has 0 radical (unpaired) electrons. The van der Waals surface area contributed by atoms with Crippen molar-refractivity contribution in [3.63, 3.8) is 0 Å². The molecule has 46 valence electrons. The third kappa shape index (κ3) is 0.501. The Bertz CT molecular complexity index is 105. The van der Waals surface area contributed by atoms with Crippen LogP contribution in [-0.2, 0) is 4.74 Å². The van der Waals surface area contributed by atoms with Gasteiger partial charge in [0.2, 0.25) is 0 Å². The van der Waals surface area contributed by atoms with E-state index in [2.05, 4.69) is 0 Å². The molecule has 1 saturated carbocycles. The van der Waals surface area contributed by atoms with Gasteiger partial charge in [-0.15, -0.1) is 0 Å². The Morgan fingerprint density at radius 1 is 1.62 bits per heavy atom. The number of hydrogen-bond donors (Lipinski definition) is 1. The predicted octanol–water partition coefficient (Wildman–Crippen LogP) is 0.267. The van der Waals surface area contributed by atoms with Crippen molar-refractivity contribution < 1.29 is 4.74 Å². The quantitative estimate of drug-likeness (QED) is 0.489. The second-order valence-electron chi connectivity index (χ2n) is 3.04. The summed E-state index contributed by atoms with van der Waals surface area (Å²) in [7, 11) is 0. The molecule has 1 aliphatic carbocycles. The fraction of sp³-hybridized carbons (Fsp3) is 1.00. The van der Waals surface area contributed by atoms with Gasteiger partial charge >= 0.3 is 0 Å². The predicted molar refractivity (Wildman–Crippen MR) is 30.5 cm³/mol. The first-order valence-corrected chi connectivity index (χ1v) is 3.19. The Labute approximate surface area is 49.0 Å². The molecule has 2 nitrogen and oxygen atoms in total. The Kier molecular flexibility index (Phi) is 0.746. The Balaban J connectivity index is 2.19. The summed E-state index contributed by atoms with van der Waals surface area (Å²) >= 11 is 0. The Hall–Kier alpha value is -0.0800. The topological polar surface area (TPSA) is 35.2 Å². The van der Waals surface area contributed by atoms with Crippen molar-refractivity contribution in [3.8, 4) is 0 Å². The highest BCUT2D eigenvalue weighted by atomic mass is 16.5. The molecule has 0 aromatic carbocycles. The molecule has 1 saturated heterocycles. The van der Waals surface area contributed by atoms with Crippen LogP contribution in [0, 0.1) is 0 Å². The van der Waals surface area contributed by atoms with Crippen molar-refractivity contribution in [1.82, 2.24) is 0 Å². The zero-order chi connectivity index (χ0) is 5.61. The number of hydrogen-bond acceptors (Lipinski definition) is 2. The molecule has 2 atom stereocenters. The van der Waals surface area contributed by atoms with Crippen LogP contribution >= 0.6 is 0 Å². The number of ether oxygens (including phenoxy) is 1. The molecule has 2 bridgehead atoms. The molecule has 2 rings (SSSR count). The lowest BCUT2D eigenvalue weighted by Crippen LogP contribution is -2.38. The maximum Gasteiger partial charge on any atom is 0.0650 e. The van der Waals surface area contributed by atoms with E-state index in [0.717, 1.165) is 13.0 Å². The molecule has 2 N–H and O–H groups in total. The van der Waals surface area contributed by atoms with E-state index in [1.165, 1.54) is 12.8 Å². The second kappa shape index (κ2) is 1.25. The first-order chi connectivity index (χ1) is 3.79. The van der Waals surface area contributed by atoms with Crippen LogP contribution in [0.3, 0.4) is 0 Å². The minimum atomic E-state index is 0.0880. The summed E-state index contributed by atoms with van der Waals surface area (Å²) in [4.78, 5) is 0. The zero-order valence-electron chi connectivity index (χ0n) is 4.89. The molecule has 0 aromatic heterocycles. The van der Waals surface area contributed by atoms with Crippen molar-refractivity contribution in [3.05, 3.63) is 0 Å². The maximum absolute atomic E-state index is 5.88. The van der Waals surface area contributed by atoms with Gasteiger partial charge in [-0.2, -0.15) is 0 Å². The highest BCUT2D eigenvalue weighted by Crippen LogP contribution is 2.36. The largest absolute Gasteiger partial charge is 0.376 e. The van der Waals surface area contributed by atoms with Gasteiger partial charge in [-0.3, -0.25) is 0 Å². The fourth-order valence-electron chi connectivity index (χ4n) is 1.66. The summed E-state index contributed by atoms with van der Waals surface area (Å²) < 4.78 is 5.33. The van der Waals surface area contributed by atoms with Gasteiger partial charge in [-0.25, -0.2) is 0 Å². The first kappa shape index (κ1) is 4.77. The van der Waals surface area contributed by atoms with Crippen LogP contribution in [0.1, 0.15) is 19.3 Å². The average Bonchev–Trinajstić information content (AvgIpc) is 2.21. The molecular weight excluding hydrogens is 102 g/mol. The van der Waals surface area contributed by atoms with Gasteiger partial charge in [0.25, 0.3) is 0 Å². The van der Waals surface area contributed by atoms with Crippen LogP contribution in [0.15, 0.2) is 0 Å². The zero-order valence-corrected chi connectivity index (χ0v) is 4.89. The normalized spacial score (nSPS) is 52.9. The number of rotatable bonds is 0. The Morgan fingerprint density at radius 3 is 2.62 bits per heavy atom. The van der Waals surface area contributed by atoms with E-state index in [0.29, 0.717) is 6.10 Å². The van der Waals surface area contributed by atoms with E-state index in [4.69, 9.17) is 10.5 Å². The van der Waals surface area contributed by atoms with E-state index >= 15 is 0 Å². The Morgan fingerprint density at radius 2 is 2.50 bits per heavy atom. The summed E-state index contributed by atoms with van der Waals surface area (Å²) in [6.07, 6.45) is 3.99. The van der Waals surface area contributed by atoms with Crippen molar-refractivity contribution >= 4 is 0 Å². The summed E-state index contributed by atoms with van der Waals surface area (Å²) in [5.74, 6) is 0. The van der Waals surface area contributed by atoms with E-state index in [9.17, 15) is 0 Å². The van der Waals surface area contributed by atoms with Gasteiger partial charge in [-0.1, -0.05) is 0 Å². The molecule has 0 amide bonds. The highest BCUT2D eigenvalue weighted by Gasteiger charge is 2.42. The minimum Gasteiger partial charge on any atom is -0.376 e. The van der Waals surface area contributed by atoms with Crippen LogP contribution in [0.25, 0.3) is 0 Å². The summed E-state index contributed by atoms with van der Waals surface area (Å²) in [5.41, 5.74) is 5.96. The SMILES string of the molecule is NC12CCC(C1)OC2. The molecule has 2 unspecified atom stereocenters. The standard InChI is InChI=1S/C6H11NO/c7-6-2-1-5(3-6)8-4-6/h5H,1-4,7H2. The van der Waals surface area contributed by atoms with Crippen LogP contribution in [-0.4, -0.2) is 18.2 Å². The van der Waals surface area contributed by atoms with Gasteiger partial charge in [0.1, 0.15) is 0 Å². The summed E-state index contributed by atoms with van der Waals surface area (Å²) in [6, 6.07) is 0. The van der Waals surface area contributed by atoms with Crippen LogP contribution in [0.2, 0.25) is 0 Å². The second-order valence-corrected chi connectivity index (χ2v) is 3.04. The lowest BCUT2D eigenvalue weighted by Gasteiger charge is -2.18. The van der Waals surface area contributed by atoms with Gasteiger partial charge in [-0.05, 0) is 19.3 Å². The van der Waals surface area contributed by atoms with Crippen molar-refractivity contribution in [2.24, 2.45) is 5.73 Å². The summed E-state index contributed by atoms with van der Waals surface area (Å²) in [5, 5.41) is 0. The van der Waals surface area contributed by atoms with E-state index in [1.54, 1.807) is 0 Å². The molecule has 2 heteroatoms. The van der Waals surface area contributed by atoms with Crippen LogP contribution in [0.4, 0.5) is 0 Å². The molecule has 1 aliphatic heterocycles. The maximum atomic E-state index is 5.88. The molecule has 2 aliphatic rings. The summed E-state index contributed by atoms with van der Waals surface area (Å²) in [6.45, 7) is 0.803. The van der Waals surface area contributed by atoms with Crippen molar-refractivity contribution in [1.29, 1.82) is 0 Å². The number of fused-ring (bicyclic) bond motifs is 2. The molecule has 0 aromatic rings. The molecular formula is C6H11NO. The van der Waals surface area contributed by atoms with Gasteiger partial charge in [0.05, 0.1) is 12.7 Å². The first-order valence-electron chi connectivity index (χ1n) is 3.19. The van der Waals surface area contributed by atoms with E-state index < -0.39 is 0 Å². The third-order valence-electron chi connectivity index (χ3n) is 2.20. The van der Waals surface area contributed by atoms with Crippen molar-refractivity contribution in [2.75, 3.05) is 6.61 Å². The van der Waals surface area contributed by atoms with E-state index in [1.807, 2.05) is 0 Å². The highest BCUT2D eigenvalue weighted by molar-refractivity contribution is 4.99. The van der Waals surface area contributed by atoms with Crippen molar-refractivity contribution in [2.45, 2.75) is 30.9 Å². The molecule has 0 spiro atoms. The van der Waals surface area contributed by atoms with Gasteiger partial charge in [0, 0.05) is 5.54 Å². The monoisotopic (exact) mass is 113 g/mol. The van der Waals surface area contributed by atoms with Crippen LogP contribution < -0.4 is 5.73 Å². The number of nitrogens with two attached hydrogens (primary N) is 1. The third-order valence-corrected chi connectivity index (χ3v) is 2.20. The molecule has 1 heterocycles. The van der Waals surface area contributed by atoms with E-state index in [-0.39, 0.29) is 5.54 Å². The lowest BCUT2D eigenvalue weighted by molar-refractivity contribution is 0.0713. The minimum absolute atomic E-state index is 0.0880. The fourth-order valence-corrected chi connectivity index (χ4v) is 1.66. The molecule has 2 fully saturated rings. The van der Waals surface area contributed by atoms with Crippen LogP contribution in [0.5, 0.6) is 0 Å². The molecule has 8 heavy (non-hydrogen) atoms.